The van der Waals surface area contributed by atoms with Crippen molar-refractivity contribution in [1.29, 1.82) is 0 Å². The van der Waals surface area contributed by atoms with Crippen molar-refractivity contribution in [2.24, 2.45) is 4.99 Å². The van der Waals surface area contributed by atoms with Crippen LogP contribution >= 0.6 is 0 Å². The van der Waals surface area contributed by atoms with Gasteiger partial charge in [-0.25, -0.2) is 9.79 Å². The van der Waals surface area contributed by atoms with Crippen molar-refractivity contribution in [1.82, 2.24) is 0 Å². The Labute approximate surface area is 140 Å². The van der Waals surface area contributed by atoms with Crippen molar-refractivity contribution >= 4 is 17.9 Å². The van der Waals surface area contributed by atoms with E-state index in [1.54, 1.807) is 6.08 Å². The van der Waals surface area contributed by atoms with Gasteiger partial charge in [0.15, 0.2) is 5.70 Å². The van der Waals surface area contributed by atoms with E-state index in [0.717, 1.165) is 16.7 Å². The van der Waals surface area contributed by atoms with Gasteiger partial charge in [-0.05, 0) is 48.4 Å². The van der Waals surface area contributed by atoms with E-state index >= 15 is 0 Å². The average molecular weight is 319 g/mol. The Morgan fingerprint density at radius 3 is 2.75 bits per heavy atom. The standard InChI is InChI=1S/C20H17NO3/c1-14(2)13-23-17-10-6-7-15(11-17)12-18-20(22)24-19(21-18)16-8-4-3-5-9-16/h3-12H,1,13H2,2H3/b18-12-. The molecule has 0 atom stereocenters. The second kappa shape index (κ2) is 6.96. The van der Waals surface area contributed by atoms with Gasteiger partial charge in [0.1, 0.15) is 12.4 Å². The second-order valence-corrected chi connectivity index (χ2v) is 5.52. The van der Waals surface area contributed by atoms with Crippen LogP contribution in [-0.4, -0.2) is 18.5 Å². The molecule has 0 saturated heterocycles. The summed E-state index contributed by atoms with van der Waals surface area (Å²) in [5.74, 6) is 0.578. The summed E-state index contributed by atoms with van der Waals surface area (Å²) >= 11 is 0. The first-order chi connectivity index (χ1) is 11.6. The number of nitrogens with zero attached hydrogens (tertiary/aromatic N) is 1. The van der Waals surface area contributed by atoms with Crippen molar-refractivity contribution in [2.45, 2.75) is 6.92 Å². The molecule has 0 N–H and O–H groups in total. The van der Waals surface area contributed by atoms with Crippen LogP contribution in [-0.2, 0) is 9.53 Å². The third kappa shape index (κ3) is 3.79. The minimum atomic E-state index is -0.456. The fraction of sp³-hybridized carbons (Fsp3) is 0.100. The van der Waals surface area contributed by atoms with Crippen LogP contribution < -0.4 is 4.74 Å². The molecule has 2 aromatic carbocycles. The molecule has 2 aromatic rings. The van der Waals surface area contributed by atoms with Crippen LogP contribution in [0.3, 0.4) is 0 Å². The number of hydrogen-bond acceptors (Lipinski definition) is 4. The third-order valence-electron chi connectivity index (χ3n) is 3.29. The molecular weight excluding hydrogens is 302 g/mol. The third-order valence-corrected chi connectivity index (χ3v) is 3.29. The SMILES string of the molecule is C=C(C)COc1cccc(/C=C2\N=C(c3ccccc3)OC2=O)c1. The van der Waals surface area contributed by atoms with Crippen LogP contribution in [0.1, 0.15) is 18.1 Å². The fourth-order valence-electron chi connectivity index (χ4n) is 2.17. The maximum Gasteiger partial charge on any atom is 0.363 e. The highest BCUT2D eigenvalue weighted by Crippen LogP contribution is 2.21. The van der Waals surface area contributed by atoms with E-state index in [0.29, 0.717) is 18.3 Å². The summed E-state index contributed by atoms with van der Waals surface area (Å²) in [6.07, 6.45) is 1.69. The zero-order valence-corrected chi connectivity index (χ0v) is 13.4. The Bertz CT molecular complexity index is 835. The maximum atomic E-state index is 12.0. The molecule has 0 radical (unpaired) electrons. The normalized spacial score (nSPS) is 15.1. The summed E-state index contributed by atoms with van der Waals surface area (Å²) in [5.41, 5.74) is 2.80. The lowest BCUT2D eigenvalue weighted by Gasteiger charge is -2.06. The van der Waals surface area contributed by atoms with E-state index in [1.807, 2.05) is 61.5 Å². The molecule has 3 rings (SSSR count). The summed E-state index contributed by atoms with van der Waals surface area (Å²) in [6, 6.07) is 16.8. The lowest BCUT2D eigenvalue weighted by atomic mass is 10.2. The molecule has 120 valence electrons. The number of aliphatic imine (C=N–C) groups is 1. The highest BCUT2D eigenvalue weighted by molar-refractivity contribution is 6.12. The van der Waals surface area contributed by atoms with E-state index in [4.69, 9.17) is 9.47 Å². The Morgan fingerprint density at radius 1 is 1.21 bits per heavy atom. The van der Waals surface area contributed by atoms with E-state index in [9.17, 15) is 4.79 Å². The monoisotopic (exact) mass is 319 g/mol. The molecule has 1 aliphatic heterocycles. The first-order valence-electron chi connectivity index (χ1n) is 7.57. The summed E-state index contributed by atoms with van der Waals surface area (Å²) < 4.78 is 10.9. The zero-order valence-electron chi connectivity index (χ0n) is 13.4. The van der Waals surface area contributed by atoms with Crippen LogP contribution in [0.25, 0.3) is 6.08 Å². The van der Waals surface area contributed by atoms with Crippen LogP contribution in [0.15, 0.2) is 77.4 Å². The van der Waals surface area contributed by atoms with E-state index in [2.05, 4.69) is 11.6 Å². The molecule has 0 aliphatic carbocycles. The van der Waals surface area contributed by atoms with Crippen LogP contribution in [0.5, 0.6) is 5.75 Å². The lowest BCUT2D eigenvalue weighted by Crippen LogP contribution is -2.04. The number of esters is 1. The van der Waals surface area contributed by atoms with Crippen LogP contribution in [0.4, 0.5) is 0 Å². The van der Waals surface area contributed by atoms with E-state index in [1.165, 1.54) is 0 Å². The number of ether oxygens (including phenoxy) is 2. The highest BCUT2D eigenvalue weighted by atomic mass is 16.6. The molecule has 24 heavy (non-hydrogen) atoms. The molecule has 0 unspecified atom stereocenters. The van der Waals surface area contributed by atoms with Gasteiger partial charge in [0.05, 0.1) is 0 Å². The largest absolute Gasteiger partial charge is 0.489 e. The van der Waals surface area contributed by atoms with Gasteiger partial charge in [0.25, 0.3) is 0 Å². The molecular formula is C20H17NO3. The molecule has 0 aromatic heterocycles. The van der Waals surface area contributed by atoms with Crippen molar-refractivity contribution < 1.29 is 14.3 Å². The van der Waals surface area contributed by atoms with Gasteiger partial charge in [-0.1, -0.05) is 36.9 Å². The molecule has 0 saturated carbocycles. The predicted octanol–water partition coefficient (Wildman–Crippen LogP) is 3.99. The lowest BCUT2D eigenvalue weighted by molar-refractivity contribution is -0.129. The Balaban J connectivity index is 1.83. The Kier molecular flexibility index (Phi) is 4.57. The van der Waals surface area contributed by atoms with E-state index in [-0.39, 0.29) is 5.70 Å². The summed E-state index contributed by atoms with van der Waals surface area (Å²) in [7, 11) is 0. The quantitative estimate of drug-likeness (QED) is 0.476. The first kappa shape index (κ1) is 15.7. The molecule has 0 fully saturated rings. The van der Waals surface area contributed by atoms with Crippen molar-refractivity contribution in [3.8, 4) is 5.75 Å². The van der Waals surface area contributed by atoms with Gasteiger partial charge in [-0.15, -0.1) is 0 Å². The number of carbonyl (C=O) groups is 1. The Hall–Kier alpha value is -3.14. The topological polar surface area (TPSA) is 47.9 Å². The number of cyclic esters (lactones) is 1. The van der Waals surface area contributed by atoms with Gasteiger partial charge in [0, 0.05) is 5.56 Å². The molecule has 0 spiro atoms. The van der Waals surface area contributed by atoms with Crippen molar-refractivity contribution in [3.05, 3.63) is 83.6 Å². The molecule has 4 nitrogen and oxygen atoms in total. The van der Waals surface area contributed by atoms with Gasteiger partial charge in [-0.2, -0.15) is 0 Å². The van der Waals surface area contributed by atoms with Crippen molar-refractivity contribution in [3.63, 3.8) is 0 Å². The first-order valence-corrected chi connectivity index (χ1v) is 7.57. The molecule has 1 aliphatic rings. The predicted molar refractivity (Wildman–Crippen MR) is 93.8 cm³/mol. The Morgan fingerprint density at radius 2 is 2.00 bits per heavy atom. The minimum absolute atomic E-state index is 0.269. The van der Waals surface area contributed by atoms with Crippen LogP contribution in [0.2, 0.25) is 0 Å². The number of hydrogen-bond donors (Lipinski definition) is 0. The van der Waals surface area contributed by atoms with Gasteiger partial charge < -0.3 is 9.47 Å². The smallest absolute Gasteiger partial charge is 0.363 e. The van der Waals surface area contributed by atoms with E-state index < -0.39 is 5.97 Å². The highest BCUT2D eigenvalue weighted by Gasteiger charge is 2.23. The summed E-state index contributed by atoms with van der Waals surface area (Å²) in [5, 5.41) is 0. The van der Waals surface area contributed by atoms with Crippen LogP contribution in [0, 0.1) is 0 Å². The number of rotatable bonds is 5. The number of carbonyl (C=O) groups excluding carboxylic acids is 1. The van der Waals surface area contributed by atoms with Gasteiger partial charge in [0.2, 0.25) is 5.90 Å². The maximum absolute atomic E-state index is 12.0. The summed E-state index contributed by atoms with van der Waals surface area (Å²) in [4.78, 5) is 16.3. The molecule has 1 heterocycles. The fourth-order valence-corrected chi connectivity index (χ4v) is 2.17. The molecule has 0 bridgehead atoms. The zero-order chi connectivity index (χ0) is 16.9. The number of benzene rings is 2. The van der Waals surface area contributed by atoms with Crippen molar-refractivity contribution in [2.75, 3.05) is 6.61 Å². The van der Waals surface area contributed by atoms with Gasteiger partial charge in [-0.3, -0.25) is 0 Å². The van der Waals surface area contributed by atoms with Gasteiger partial charge >= 0.3 is 5.97 Å². The molecule has 0 amide bonds. The molecule has 4 heteroatoms. The summed E-state index contributed by atoms with van der Waals surface area (Å²) in [6.45, 7) is 6.17. The average Bonchev–Trinajstić information content (AvgIpc) is 2.95. The second-order valence-electron chi connectivity index (χ2n) is 5.52. The minimum Gasteiger partial charge on any atom is -0.489 e.